The summed E-state index contributed by atoms with van der Waals surface area (Å²) in [5.74, 6) is -0.0559. The van der Waals surface area contributed by atoms with Crippen molar-refractivity contribution in [3.05, 3.63) is 12.3 Å². The molecular weight excluding hydrogens is 208 g/mol. The number of hydrogen-bond acceptors (Lipinski definition) is 4. The van der Waals surface area contributed by atoms with Crippen molar-refractivity contribution in [3.8, 4) is 0 Å². The molecule has 0 saturated carbocycles. The monoisotopic (exact) mass is 226 g/mol. The Morgan fingerprint density at radius 3 is 3.06 bits per heavy atom. The van der Waals surface area contributed by atoms with Crippen LogP contribution in [0, 0.1) is 0 Å². The fourth-order valence-electron chi connectivity index (χ4n) is 1.32. The molecule has 2 atom stereocenters. The molecule has 0 saturated heterocycles. The lowest BCUT2D eigenvalue weighted by molar-refractivity contribution is -0.125. The summed E-state index contributed by atoms with van der Waals surface area (Å²) in [6.07, 6.45) is 2.85. The molecule has 1 aromatic rings. The van der Waals surface area contributed by atoms with E-state index in [1.165, 1.54) is 6.20 Å². The molecule has 1 aromatic heterocycles. The number of amides is 1. The van der Waals surface area contributed by atoms with E-state index in [1.54, 1.807) is 6.07 Å². The Kier molecular flexibility index (Phi) is 4.94. The number of carbonyl (C=O) groups excluding carboxylic acids is 1. The first-order valence-corrected chi connectivity index (χ1v) is 5.39. The van der Waals surface area contributed by atoms with Crippen LogP contribution in [0.25, 0.3) is 0 Å². The zero-order chi connectivity index (χ0) is 12.0. The fraction of sp³-hybridized carbons (Fsp3) is 0.600. The van der Waals surface area contributed by atoms with Crippen molar-refractivity contribution in [1.82, 2.24) is 10.2 Å². The lowest BCUT2D eigenvalue weighted by Gasteiger charge is -2.17. The Labute approximate surface area is 94.2 Å². The molecule has 5 N–H and O–H groups in total. The molecule has 0 unspecified atom stereocenters. The first-order valence-electron chi connectivity index (χ1n) is 5.39. The maximum absolute atomic E-state index is 11.5. The molecule has 1 heterocycles. The number of aliphatic hydroxyl groups is 1. The molecule has 0 aromatic carbocycles. The van der Waals surface area contributed by atoms with Crippen LogP contribution in [-0.2, 0) is 4.79 Å². The Hall–Kier alpha value is -1.40. The summed E-state index contributed by atoms with van der Waals surface area (Å²) < 4.78 is 0. The summed E-state index contributed by atoms with van der Waals surface area (Å²) in [5.41, 5.74) is 5.70. The molecule has 0 radical (unpaired) electrons. The summed E-state index contributed by atoms with van der Waals surface area (Å²) in [4.78, 5) is 11.5. The minimum Gasteiger partial charge on any atom is -0.382 e. The fourth-order valence-corrected chi connectivity index (χ4v) is 1.32. The highest BCUT2D eigenvalue weighted by Gasteiger charge is 2.22. The first kappa shape index (κ1) is 12.7. The number of nitrogens with two attached hydrogens (primary N) is 1. The summed E-state index contributed by atoms with van der Waals surface area (Å²) in [5, 5.41) is 18.4. The molecule has 0 aliphatic carbocycles. The van der Waals surface area contributed by atoms with Gasteiger partial charge in [-0.05, 0) is 6.42 Å². The Morgan fingerprint density at radius 1 is 1.75 bits per heavy atom. The predicted molar refractivity (Wildman–Crippen MR) is 60.7 cm³/mol. The second-order valence-corrected chi connectivity index (χ2v) is 3.71. The van der Waals surface area contributed by atoms with Gasteiger partial charge in [-0.15, -0.1) is 0 Å². The van der Waals surface area contributed by atoms with E-state index in [0.29, 0.717) is 12.2 Å². The number of hydrogen-bond donors (Lipinski definition) is 4. The quantitative estimate of drug-likeness (QED) is 0.557. The van der Waals surface area contributed by atoms with Crippen molar-refractivity contribution in [3.63, 3.8) is 0 Å². The van der Waals surface area contributed by atoms with Crippen LogP contribution in [0.15, 0.2) is 12.3 Å². The number of unbranched alkanes of at least 4 members (excludes halogenated alkanes) is 1. The molecule has 0 bridgehead atoms. The average Bonchev–Trinajstić information content (AvgIpc) is 2.77. The van der Waals surface area contributed by atoms with Crippen molar-refractivity contribution in [1.29, 1.82) is 0 Å². The van der Waals surface area contributed by atoms with E-state index in [1.807, 2.05) is 6.92 Å². The standard InChI is InChI=1S/C10H18N4O2/c1-2-3-4-7(11)9(15)10(16)13-8-5-6-12-14-8/h5-7,9,15H,2-4,11H2,1H3,(H2,12,13,14,16)/t7-,9+/m0/s1. The summed E-state index contributed by atoms with van der Waals surface area (Å²) in [6.45, 7) is 2.03. The third-order valence-corrected chi connectivity index (χ3v) is 2.32. The molecule has 0 fully saturated rings. The molecule has 90 valence electrons. The van der Waals surface area contributed by atoms with Crippen LogP contribution in [0.3, 0.4) is 0 Å². The number of H-pyrrole nitrogens is 1. The number of nitrogens with zero attached hydrogens (tertiary/aromatic N) is 1. The third kappa shape index (κ3) is 3.63. The maximum atomic E-state index is 11.5. The van der Waals surface area contributed by atoms with E-state index in [0.717, 1.165) is 12.8 Å². The lowest BCUT2D eigenvalue weighted by atomic mass is 10.0. The largest absolute Gasteiger partial charge is 0.382 e. The van der Waals surface area contributed by atoms with Gasteiger partial charge in [-0.25, -0.2) is 0 Å². The number of aromatic nitrogens is 2. The second-order valence-electron chi connectivity index (χ2n) is 3.71. The highest BCUT2D eigenvalue weighted by molar-refractivity contribution is 5.93. The zero-order valence-electron chi connectivity index (χ0n) is 9.31. The lowest BCUT2D eigenvalue weighted by Crippen LogP contribution is -2.43. The van der Waals surface area contributed by atoms with Gasteiger partial charge in [0, 0.05) is 12.1 Å². The van der Waals surface area contributed by atoms with Gasteiger partial charge in [-0.1, -0.05) is 19.8 Å². The van der Waals surface area contributed by atoms with Crippen molar-refractivity contribution in [2.75, 3.05) is 5.32 Å². The van der Waals surface area contributed by atoms with E-state index in [4.69, 9.17) is 5.73 Å². The Balaban J connectivity index is 2.41. The van der Waals surface area contributed by atoms with Gasteiger partial charge in [0.25, 0.3) is 5.91 Å². The molecule has 6 nitrogen and oxygen atoms in total. The molecule has 0 aliphatic heterocycles. The summed E-state index contributed by atoms with van der Waals surface area (Å²) >= 11 is 0. The van der Waals surface area contributed by atoms with Crippen molar-refractivity contribution < 1.29 is 9.90 Å². The van der Waals surface area contributed by atoms with E-state index in [2.05, 4.69) is 15.5 Å². The maximum Gasteiger partial charge on any atom is 0.255 e. The van der Waals surface area contributed by atoms with Crippen LogP contribution in [0.4, 0.5) is 5.82 Å². The highest BCUT2D eigenvalue weighted by Crippen LogP contribution is 2.06. The van der Waals surface area contributed by atoms with Crippen LogP contribution in [0.2, 0.25) is 0 Å². The van der Waals surface area contributed by atoms with E-state index < -0.39 is 18.1 Å². The van der Waals surface area contributed by atoms with Crippen molar-refractivity contribution in [2.45, 2.75) is 38.3 Å². The molecular formula is C10H18N4O2. The van der Waals surface area contributed by atoms with Gasteiger partial charge in [0.2, 0.25) is 0 Å². The molecule has 1 amide bonds. The number of aliphatic hydroxyl groups excluding tert-OH is 1. The van der Waals surface area contributed by atoms with Crippen LogP contribution in [0.5, 0.6) is 0 Å². The van der Waals surface area contributed by atoms with E-state index in [9.17, 15) is 9.90 Å². The van der Waals surface area contributed by atoms with Crippen LogP contribution < -0.4 is 11.1 Å². The highest BCUT2D eigenvalue weighted by atomic mass is 16.3. The van der Waals surface area contributed by atoms with Crippen LogP contribution >= 0.6 is 0 Å². The van der Waals surface area contributed by atoms with Gasteiger partial charge in [-0.2, -0.15) is 5.10 Å². The average molecular weight is 226 g/mol. The normalized spacial score (nSPS) is 14.4. The molecule has 0 aliphatic rings. The zero-order valence-corrected chi connectivity index (χ0v) is 9.31. The Bertz CT molecular complexity index is 313. The predicted octanol–water partition coefficient (Wildman–Crippen LogP) is 0.227. The number of nitrogens with one attached hydrogen (secondary N) is 2. The van der Waals surface area contributed by atoms with Crippen molar-refractivity contribution >= 4 is 11.7 Å². The van der Waals surface area contributed by atoms with E-state index in [-0.39, 0.29) is 0 Å². The molecule has 16 heavy (non-hydrogen) atoms. The SMILES string of the molecule is CCCC[C@H](N)[C@@H](O)C(=O)Nc1ccn[nH]1. The minimum atomic E-state index is -1.19. The molecule has 6 heteroatoms. The van der Waals surface area contributed by atoms with Gasteiger partial charge in [0.1, 0.15) is 11.9 Å². The van der Waals surface area contributed by atoms with Gasteiger partial charge in [-0.3, -0.25) is 9.89 Å². The Morgan fingerprint density at radius 2 is 2.50 bits per heavy atom. The third-order valence-electron chi connectivity index (χ3n) is 2.32. The van der Waals surface area contributed by atoms with Crippen LogP contribution in [0.1, 0.15) is 26.2 Å². The van der Waals surface area contributed by atoms with Crippen LogP contribution in [-0.4, -0.2) is 33.4 Å². The number of aromatic amines is 1. The first-order chi connectivity index (χ1) is 7.65. The minimum absolute atomic E-state index is 0.451. The summed E-state index contributed by atoms with van der Waals surface area (Å²) in [7, 11) is 0. The van der Waals surface area contributed by atoms with Gasteiger partial charge in [0.05, 0.1) is 6.20 Å². The smallest absolute Gasteiger partial charge is 0.255 e. The second kappa shape index (κ2) is 6.24. The number of anilines is 1. The topological polar surface area (TPSA) is 104 Å². The molecule has 0 spiro atoms. The van der Waals surface area contributed by atoms with Gasteiger partial charge < -0.3 is 16.2 Å². The number of rotatable bonds is 6. The van der Waals surface area contributed by atoms with E-state index >= 15 is 0 Å². The van der Waals surface area contributed by atoms with Gasteiger partial charge >= 0.3 is 0 Å². The van der Waals surface area contributed by atoms with Gasteiger partial charge in [0.15, 0.2) is 0 Å². The summed E-state index contributed by atoms with van der Waals surface area (Å²) in [6, 6.07) is 1.07. The molecule has 1 rings (SSSR count). The van der Waals surface area contributed by atoms with Crippen molar-refractivity contribution in [2.24, 2.45) is 5.73 Å². The number of carbonyl (C=O) groups is 1.